The molecule has 10 N–H and O–H groups in total. The summed E-state index contributed by atoms with van der Waals surface area (Å²) in [4.78, 5) is 110. The molecule has 276 valence electrons. The van der Waals surface area contributed by atoms with Gasteiger partial charge < -0.3 is 52.2 Å². The Bertz CT molecular complexity index is 1450. The molecule has 19 nitrogen and oxygen atoms in total. The molecule has 19 heteroatoms. The van der Waals surface area contributed by atoms with Crippen molar-refractivity contribution in [2.75, 3.05) is 7.11 Å². The van der Waals surface area contributed by atoms with E-state index in [2.05, 4.69) is 26.0 Å². The second-order valence-electron chi connectivity index (χ2n) is 11.4. The molecule has 1 aromatic carbocycles. The molecule has 0 fully saturated rings. The standard InChI is InChI=1S/C31H43N5O14/c1-5-15(2)24(26(32)43)36-28(45)20(11-13-23(40)41)34-27(44)19(10-12-22(38)39)35-29(46)21(33-16(3)37)14-17-6-8-18(9-7-17)25(42)31(48,49)30(47)50-4/h6-9,15,19-21,24,48-49H,5,10-14H2,1-4H3,(H2,32,43)(H,33,37)(H,34,44)(H,35,46)(H,36,45)(H,38,39)(H,40,41)/t15-,19-,20-,21-,24-/m0/s1. The number of primary amides is 1. The summed E-state index contributed by atoms with van der Waals surface area (Å²) in [5, 5.41) is 47.5. The van der Waals surface area contributed by atoms with Gasteiger partial charge in [0, 0.05) is 31.7 Å². The molecular weight excluding hydrogens is 666 g/mol. The fourth-order valence-electron chi connectivity index (χ4n) is 4.52. The second kappa shape index (κ2) is 19.5. The van der Waals surface area contributed by atoms with E-state index in [0.717, 1.165) is 26.2 Å². The highest BCUT2D eigenvalue weighted by atomic mass is 16.6. The van der Waals surface area contributed by atoms with Crippen LogP contribution in [-0.4, -0.2) is 111 Å². The number of aliphatic hydroxyl groups is 2. The maximum absolute atomic E-state index is 13.4. The Morgan fingerprint density at radius 1 is 0.780 bits per heavy atom. The molecular formula is C31H43N5O14. The maximum Gasteiger partial charge on any atom is 0.375 e. The molecule has 5 atom stereocenters. The number of ether oxygens (including phenoxy) is 1. The van der Waals surface area contributed by atoms with Gasteiger partial charge in [0.1, 0.15) is 24.2 Å². The van der Waals surface area contributed by atoms with E-state index in [1.807, 2.05) is 0 Å². The molecule has 0 aromatic heterocycles. The van der Waals surface area contributed by atoms with E-state index in [-0.39, 0.29) is 12.0 Å². The van der Waals surface area contributed by atoms with Gasteiger partial charge in [-0.2, -0.15) is 0 Å². The van der Waals surface area contributed by atoms with Crippen LogP contribution in [0, 0.1) is 5.92 Å². The number of aliphatic carboxylic acids is 2. The van der Waals surface area contributed by atoms with E-state index in [9.17, 15) is 63.6 Å². The number of nitrogens with one attached hydrogen (secondary N) is 4. The van der Waals surface area contributed by atoms with Crippen molar-refractivity contribution in [1.82, 2.24) is 21.3 Å². The number of benzene rings is 1. The van der Waals surface area contributed by atoms with Gasteiger partial charge in [0.25, 0.3) is 0 Å². The van der Waals surface area contributed by atoms with Crippen LogP contribution in [0.15, 0.2) is 24.3 Å². The van der Waals surface area contributed by atoms with Crippen LogP contribution in [0.5, 0.6) is 0 Å². The van der Waals surface area contributed by atoms with Gasteiger partial charge in [-0.15, -0.1) is 0 Å². The van der Waals surface area contributed by atoms with Gasteiger partial charge in [0.05, 0.1) is 7.11 Å². The van der Waals surface area contributed by atoms with Crippen molar-refractivity contribution in [2.45, 2.75) is 89.3 Å². The van der Waals surface area contributed by atoms with Gasteiger partial charge in [-0.1, -0.05) is 44.5 Å². The Balaban J connectivity index is 3.30. The number of esters is 1. The number of ketones is 1. The number of Topliss-reactive ketones (excluding diaryl/α,β-unsaturated/α-hetero) is 1. The van der Waals surface area contributed by atoms with Gasteiger partial charge >= 0.3 is 23.7 Å². The highest BCUT2D eigenvalue weighted by Crippen LogP contribution is 2.16. The quantitative estimate of drug-likeness (QED) is 0.0276. The SMILES string of the molecule is CC[C@H](C)[C@H](NC(=O)[C@H](CCC(=O)O)NC(=O)[C@H](CCC(=O)O)NC(=O)[C@H](Cc1ccc(C(=O)C(O)(O)C(=O)OC)cc1)NC(C)=O)C(N)=O. The van der Waals surface area contributed by atoms with Crippen molar-refractivity contribution in [3.63, 3.8) is 0 Å². The lowest BCUT2D eigenvalue weighted by Gasteiger charge is -2.27. The lowest BCUT2D eigenvalue weighted by Crippen LogP contribution is -2.59. The minimum absolute atomic E-state index is 0.263. The normalized spacial score (nSPS) is 14.0. The number of hydrogen-bond donors (Lipinski definition) is 9. The number of amides is 5. The molecule has 1 aromatic rings. The lowest BCUT2D eigenvalue weighted by molar-refractivity contribution is -0.189. The molecule has 0 saturated carbocycles. The van der Waals surface area contributed by atoms with Crippen molar-refractivity contribution in [3.05, 3.63) is 35.4 Å². The second-order valence-corrected chi connectivity index (χ2v) is 11.4. The predicted octanol–water partition coefficient (Wildman–Crippen LogP) is -2.51. The summed E-state index contributed by atoms with van der Waals surface area (Å²) in [6.07, 6.45) is -2.00. The van der Waals surface area contributed by atoms with Gasteiger partial charge in [-0.05, 0) is 24.3 Å². The molecule has 0 bridgehead atoms. The zero-order chi connectivity index (χ0) is 38.3. The Hall–Kier alpha value is -5.43. The molecule has 50 heavy (non-hydrogen) atoms. The topological polar surface area (TPSA) is 318 Å². The molecule has 0 radical (unpaired) electrons. The average molecular weight is 710 g/mol. The van der Waals surface area contributed by atoms with Gasteiger partial charge in [-0.25, -0.2) is 4.79 Å². The van der Waals surface area contributed by atoms with Gasteiger partial charge in [0.15, 0.2) is 0 Å². The molecule has 0 heterocycles. The van der Waals surface area contributed by atoms with Gasteiger partial charge in [-0.3, -0.25) is 38.4 Å². The summed E-state index contributed by atoms with van der Waals surface area (Å²) in [6, 6.07) is -0.929. The summed E-state index contributed by atoms with van der Waals surface area (Å²) < 4.78 is 4.20. The van der Waals surface area contributed by atoms with Crippen LogP contribution >= 0.6 is 0 Å². The number of rotatable bonds is 21. The van der Waals surface area contributed by atoms with E-state index in [4.69, 9.17) is 5.73 Å². The molecule has 5 amide bonds. The maximum atomic E-state index is 13.4. The van der Waals surface area contributed by atoms with Crippen molar-refractivity contribution in [2.24, 2.45) is 11.7 Å². The minimum atomic E-state index is -3.47. The van der Waals surface area contributed by atoms with Crippen LogP contribution in [0.4, 0.5) is 0 Å². The number of hydrogen-bond acceptors (Lipinski definition) is 12. The highest BCUT2D eigenvalue weighted by Gasteiger charge is 2.44. The zero-order valence-electron chi connectivity index (χ0n) is 27.9. The predicted molar refractivity (Wildman–Crippen MR) is 169 cm³/mol. The number of carbonyl (C=O) groups excluding carboxylic acids is 7. The number of methoxy groups -OCH3 is 1. The smallest absolute Gasteiger partial charge is 0.375 e. The van der Waals surface area contributed by atoms with Crippen molar-refractivity contribution in [3.8, 4) is 0 Å². The molecule has 0 aliphatic carbocycles. The summed E-state index contributed by atoms with van der Waals surface area (Å²) in [6.45, 7) is 4.47. The lowest BCUT2D eigenvalue weighted by atomic mass is 9.97. The Kier molecular flexibility index (Phi) is 16.6. The van der Waals surface area contributed by atoms with Crippen LogP contribution in [0.3, 0.4) is 0 Å². The molecule has 0 aliphatic rings. The summed E-state index contributed by atoms with van der Waals surface area (Å²) in [7, 11) is 0.840. The minimum Gasteiger partial charge on any atom is -0.481 e. The molecule has 0 aliphatic heterocycles. The first-order chi connectivity index (χ1) is 23.2. The molecule has 0 unspecified atom stereocenters. The Morgan fingerprint density at radius 2 is 1.24 bits per heavy atom. The summed E-state index contributed by atoms with van der Waals surface area (Å²) in [5.41, 5.74) is 5.39. The Labute approximate surface area is 286 Å². The first kappa shape index (κ1) is 42.6. The first-order valence-electron chi connectivity index (χ1n) is 15.3. The van der Waals surface area contributed by atoms with E-state index >= 15 is 0 Å². The van der Waals surface area contributed by atoms with Crippen LogP contribution in [-0.2, 0) is 49.5 Å². The van der Waals surface area contributed by atoms with Crippen LogP contribution < -0.4 is 27.0 Å². The highest BCUT2D eigenvalue weighted by molar-refractivity contribution is 6.13. The van der Waals surface area contributed by atoms with Crippen LogP contribution in [0.25, 0.3) is 0 Å². The third-order valence-corrected chi connectivity index (χ3v) is 7.51. The van der Waals surface area contributed by atoms with Crippen molar-refractivity contribution in [1.29, 1.82) is 0 Å². The number of nitrogens with two attached hydrogens (primary N) is 1. The fourth-order valence-corrected chi connectivity index (χ4v) is 4.52. The third-order valence-electron chi connectivity index (χ3n) is 7.51. The fraction of sp³-hybridized carbons (Fsp3) is 0.516. The zero-order valence-corrected chi connectivity index (χ0v) is 27.9. The largest absolute Gasteiger partial charge is 0.481 e. The third kappa shape index (κ3) is 13.2. The molecule has 1 rings (SSSR count). The molecule has 0 saturated heterocycles. The molecule has 0 spiro atoms. The van der Waals surface area contributed by atoms with Gasteiger partial charge in [0.2, 0.25) is 35.3 Å². The van der Waals surface area contributed by atoms with Crippen LogP contribution in [0.1, 0.15) is 68.8 Å². The number of carboxylic acids is 2. The number of carboxylic acid groups (broad SMARTS) is 2. The average Bonchev–Trinajstić information content (AvgIpc) is 3.05. The van der Waals surface area contributed by atoms with Crippen LogP contribution in [0.2, 0.25) is 0 Å². The summed E-state index contributed by atoms with van der Waals surface area (Å²) in [5.74, 6) is -14.1. The van der Waals surface area contributed by atoms with E-state index in [1.165, 1.54) is 12.1 Å². The van der Waals surface area contributed by atoms with Crippen molar-refractivity contribution < 1.29 is 68.3 Å². The van der Waals surface area contributed by atoms with E-state index in [0.29, 0.717) is 12.0 Å². The number of carbonyl (C=O) groups is 9. The van der Waals surface area contributed by atoms with E-state index < -0.39 is 115 Å². The monoisotopic (exact) mass is 709 g/mol. The van der Waals surface area contributed by atoms with E-state index in [1.54, 1.807) is 13.8 Å². The summed E-state index contributed by atoms with van der Waals surface area (Å²) >= 11 is 0. The van der Waals surface area contributed by atoms with Crippen molar-refractivity contribution >= 4 is 53.2 Å². The Morgan fingerprint density at radius 3 is 1.64 bits per heavy atom. The first-order valence-corrected chi connectivity index (χ1v) is 15.3.